The van der Waals surface area contributed by atoms with Crippen molar-refractivity contribution in [2.75, 3.05) is 18.4 Å². The molecule has 2 N–H and O–H groups in total. The van der Waals surface area contributed by atoms with E-state index in [-0.39, 0.29) is 18.0 Å². The largest absolute Gasteiger partial charge is 0.323 e. The Morgan fingerprint density at radius 3 is 2.57 bits per heavy atom. The van der Waals surface area contributed by atoms with Crippen molar-refractivity contribution in [1.82, 2.24) is 9.62 Å². The SMILES string of the molecule is C[C@H](C(=O)Nc1ccc(Cl)cc1Cl)N1CCC(NS(=O)(=O)c2cccs2)CC1. The number of nitrogens with zero attached hydrogens (tertiary/aromatic N) is 1. The Morgan fingerprint density at radius 2 is 1.96 bits per heavy atom. The van der Waals surface area contributed by atoms with Gasteiger partial charge in [-0.15, -0.1) is 11.3 Å². The molecule has 1 saturated heterocycles. The Balaban J connectivity index is 1.53. The Labute approximate surface area is 178 Å². The van der Waals surface area contributed by atoms with Crippen LogP contribution in [0.25, 0.3) is 0 Å². The maximum atomic E-state index is 12.6. The highest BCUT2D eigenvalue weighted by Crippen LogP contribution is 2.26. The molecule has 0 spiro atoms. The molecule has 0 radical (unpaired) electrons. The number of piperidine rings is 1. The lowest BCUT2D eigenvalue weighted by Crippen LogP contribution is -2.50. The first kappa shape index (κ1) is 21.5. The maximum Gasteiger partial charge on any atom is 0.250 e. The third kappa shape index (κ3) is 5.25. The molecule has 2 heterocycles. The summed E-state index contributed by atoms with van der Waals surface area (Å²) in [6, 6.07) is 7.73. The fraction of sp³-hybridized carbons (Fsp3) is 0.389. The second-order valence-electron chi connectivity index (χ2n) is 6.65. The molecule has 1 amide bonds. The summed E-state index contributed by atoms with van der Waals surface area (Å²) in [4.78, 5) is 14.6. The third-order valence-electron chi connectivity index (χ3n) is 4.73. The number of carbonyl (C=O) groups excluding carboxylic acids is 1. The zero-order valence-electron chi connectivity index (χ0n) is 15.2. The van der Waals surface area contributed by atoms with Crippen molar-refractivity contribution in [3.05, 3.63) is 45.8 Å². The number of hydrogen-bond acceptors (Lipinski definition) is 5. The summed E-state index contributed by atoms with van der Waals surface area (Å²) in [7, 11) is -3.47. The van der Waals surface area contributed by atoms with Crippen molar-refractivity contribution >= 4 is 56.2 Å². The summed E-state index contributed by atoms with van der Waals surface area (Å²) in [5.74, 6) is -0.165. The number of hydrogen-bond donors (Lipinski definition) is 2. The van der Waals surface area contributed by atoms with Crippen molar-refractivity contribution in [2.24, 2.45) is 0 Å². The van der Waals surface area contributed by atoms with Crippen LogP contribution in [-0.4, -0.2) is 44.4 Å². The van der Waals surface area contributed by atoms with Crippen LogP contribution in [0.1, 0.15) is 19.8 Å². The molecule has 0 aliphatic carbocycles. The van der Waals surface area contributed by atoms with Crippen LogP contribution in [0.15, 0.2) is 39.9 Å². The van der Waals surface area contributed by atoms with Crippen molar-refractivity contribution in [1.29, 1.82) is 0 Å². The molecule has 6 nitrogen and oxygen atoms in total. The Hall–Kier alpha value is -1.16. The van der Waals surface area contributed by atoms with E-state index in [0.717, 1.165) is 0 Å². The van der Waals surface area contributed by atoms with E-state index in [1.54, 1.807) is 35.7 Å². The minimum Gasteiger partial charge on any atom is -0.323 e. The molecule has 1 fully saturated rings. The van der Waals surface area contributed by atoms with Gasteiger partial charge < -0.3 is 5.32 Å². The normalized spacial score (nSPS) is 17.4. The average Bonchev–Trinajstić information content (AvgIpc) is 3.19. The van der Waals surface area contributed by atoms with Gasteiger partial charge in [0.25, 0.3) is 0 Å². The Morgan fingerprint density at radius 1 is 1.25 bits per heavy atom. The summed E-state index contributed by atoms with van der Waals surface area (Å²) in [5.41, 5.74) is 0.515. The number of likely N-dealkylation sites (tertiary alicyclic amines) is 1. The number of amides is 1. The molecule has 1 atom stereocenters. The van der Waals surface area contributed by atoms with E-state index < -0.39 is 10.0 Å². The molecule has 3 rings (SSSR count). The maximum absolute atomic E-state index is 12.6. The van der Waals surface area contributed by atoms with Crippen LogP contribution in [0.4, 0.5) is 5.69 Å². The van der Waals surface area contributed by atoms with Gasteiger partial charge in [-0.3, -0.25) is 9.69 Å². The van der Waals surface area contributed by atoms with Crippen molar-refractivity contribution < 1.29 is 13.2 Å². The third-order valence-corrected chi connectivity index (χ3v) is 8.19. The highest BCUT2D eigenvalue weighted by Gasteiger charge is 2.29. The van der Waals surface area contributed by atoms with Gasteiger partial charge in [0.2, 0.25) is 15.9 Å². The number of sulfonamides is 1. The number of halogens is 2. The van der Waals surface area contributed by atoms with Crippen LogP contribution < -0.4 is 10.0 Å². The second kappa shape index (κ2) is 9.11. The van der Waals surface area contributed by atoms with Crippen LogP contribution in [0, 0.1) is 0 Å². The molecule has 1 aliphatic rings. The zero-order chi connectivity index (χ0) is 20.3. The van der Waals surface area contributed by atoms with E-state index in [1.165, 1.54) is 11.3 Å². The summed E-state index contributed by atoms with van der Waals surface area (Å²) < 4.78 is 27.8. The summed E-state index contributed by atoms with van der Waals surface area (Å²) in [6.07, 6.45) is 1.29. The smallest absolute Gasteiger partial charge is 0.250 e. The highest BCUT2D eigenvalue weighted by molar-refractivity contribution is 7.91. The number of carbonyl (C=O) groups is 1. The molecule has 0 unspecified atom stereocenters. The van der Waals surface area contributed by atoms with Gasteiger partial charge >= 0.3 is 0 Å². The van der Waals surface area contributed by atoms with Gasteiger partial charge in [0, 0.05) is 24.2 Å². The minimum atomic E-state index is -3.47. The van der Waals surface area contributed by atoms with Gasteiger partial charge in [-0.05, 0) is 49.4 Å². The van der Waals surface area contributed by atoms with Crippen LogP contribution in [0.2, 0.25) is 10.0 Å². The number of thiophene rings is 1. The van der Waals surface area contributed by atoms with Crippen LogP contribution >= 0.6 is 34.5 Å². The first-order valence-corrected chi connectivity index (χ1v) is 11.9. The van der Waals surface area contributed by atoms with E-state index >= 15 is 0 Å². The lowest BCUT2D eigenvalue weighted by atomic mass is 10.0. The zero-order valence-corrected chi connectivity index (χ0v) is 18.3. The van der Waals surface area contributed by atoms with Gasteiger partial charge in [0.1, 0.15) is 4.21 Å². The van der Waals surface area contributed by atoms with Gasteiger partial charge in [0.15, 0.2) is 0 Å². The van der Waals surface area contributed by atoms with Crippen molar-refractivity contribution in [3.8, 4) is 0 Å². The van der Waals surface area contributed by atoms with Crippen molar-refractivity contribution in [2.45, 2.75) is 36.1 Å². The first-order chi connectivity index (χ1) is 13.3. The number of rotatable bonds is 6. The van der Waals surface area contributed by atoms with Crippen molar-refractivity contribution in [3.63, 3.8) is 0 Å². The molecule has 1 aromatic heterocycles. The molecule has 28 heavy (non-hydrogen) atoms. The second-order valence-corrected chi connectivity index (χ2v) is 10.4. The van der Waals surface area contributed by atoms with Gasteiger partial charge in [-0.2, -0.15) is 0 Å². The van der Waals surface area contributed by atoms with Gasteiger partial charge in [-0.25, -0.2) is 13.1 Å². The summed E-state index contributed by atoms with van der Waals surface area (Å²) >= 11 is 13.2. The lowest BCUT2D eigenvalue weighted by molar-refractivity contribution is -0.121. The highest BCUT2D eigenvalue weighted by atomic mass is 35.5. The molecular weight excluding hydrogens is 441 g/mol. The number of benzene rings is 1. The molecule has 1 aliphatic heterocycles. The predicted octanol–water partition coefficient (Wildman–Crippen LogP) is 3.82. The van der Waals surface area contributed by atoms with E-state index in [0.29, 0.717) is 45.9 Å². The number of anilines is 1. The van der Waals surface area contributed by atoms with E-state index in [1.807, 2.05) is 11.8 Å². The molecule has 0 saturated carbocycles. The fourth-order valence-corrected chi connectivity index (χ4v) is 5.86. The molecule has 1 aromatic carbocycles. The van der Waals surface area contributed by atoms with E-state index in [4.69, 9.17) is 23.2 Å². The van der Waals surface area contributed by atoms with E-state index in [2.05, 4.69) is 10.0 Å². The Bertz CT molecular complexity index is 928. The quantitative estimate of drug-likeness (QED) is 0.684. The summed E-state index contributed by atoms with van der Waals surface area (Å²) in [5, 5.41) is 5.45. The number of nitrogens with one attached hydrogen (secondary N) is 2. The fourth-order valence-electron chi connectivity index (χ4n) is 3.09. The molecule has 2 aromatic rings. The van der Waals surface area contributed by atoms with E-state index in [9.17, 15) is 13.2 Å². The van der Waals surface area contributed by atoms with Crippen LogP contribution in [-0.2, 0) is 14.8 Å². The Kier molecular flexibility index (Phi) is 7.01. The standard InChI is InChI=1S/C18H21Cl2N3O3S2/c1-12(18(24)21-16-5-4-13(19)11-15(16)20)23-8-6-14(7-9-23)22-28(25,26)17-3-2-10-27-17/h2-5,10-12,14,22H,6-9H2,1H3,(H,21,24)/t12-/m1/s1. The monoisotopic (exact) mass is 461 g/mol. The molecular formula is C18H21Cl2N3O3S2. The summed E-state index contributed by atoms with van der Waals surface area (Å²) in [6.45, 7) is 3.08. The van der Waals surface area contributed by atoms with Gasteiger partial charge in [0.05, 0.1) is 16.8 Å². The van der Waals surface area contributed by atoms with Crippen LogP contribution in [0.5, 0.6) is 0 Å². The topological polar surface area (TPSA) is 78.5 Å². The van der Waals surface area contributed by atoms with Crippen LogP contribution in [0.3, 0.4) is 0 Å². The molecule has 0 bridgehead atoms. The average molecular weight is 462 g/mol. The first-order valence-electron chi connectivity index (χ1n) is 8.82. The van der Waals surface area contributed by atoms with Gasteiger partial charge in [-0.1, -0.05) is 29.3 Å². The minimum absolute atomic E-state index is 0.135. The molecule has 152 valence electrons. The predicted molar refractivity (Wildman–Crippen MR) is 114 cm³/mol. The molecule has 10 heteroatoms. The lowest BCUT2D eigenvalue weighted by Gasteiger charge is -2.35.